The van der Waals surface area contributed by atoms with E-state index in [1.54, 1.807) is 24.2 Å². The molecular formula is C21H25BrN2O5S. The smallest absolute Gasteiger partial charge is 0.294 e. The Labute approximate surface area is 188 Å². The second-order valence-electron chi connectivity index (χ2n) is 7.23. The highest BCUT2D eigenvalue weighted by Gasteiger charge is 2.37. The molecule has 2 saturated heterocycles. The normalized spacial score (nSPS) is 19.0. The number of halogens is 1. The number of carbonyl (C=O) groups is 3. The van der Waals surface area contributed by atoms with E-state index in [4.69, 9.17) is 9.47 Å². The van der Waals surface area contributed by atoms with Gasteiger partial charge in [0.2, 0.25) is 5.91 Å². The van der Waals surface area contributed by atoms with Gasteiger partial charge in [-0.15, -0.1) is 0 Å². The van der Waals surface area contributed by atoms with Gasteiger partial charge in [0.05, 0.1) is 22.6 Å². The van der Waals surface area contributed by atoms with Gasteiger partial charge in [-0.05, 0) is 77.7 Å². The third-order valence-electron chi connectivity index (χ3n) is 5.07. The molecule has 1 atom stereocenters. The first-order valence-electron chi connectivity index (χ1n) is 9.91. The van der Waals surface area contributed by atoms with E-state index in [0.717, 1.165) is 35.9 Å². The summed E-state index contributed by atoms with van der Waals surface area (Å²) in [5, 5.41) is -0.429. The molecule has 2 aliphatic heterocycles. The Morgan fingerprint density at radius 3 is 2.63 bits per heavy atom. The van der Waals surface area contributed by atoms with Crippen molar-refractivity contribution in [2.24, 2.45) is 0 Å². The molecule has 3 amide bonds. The zero-order chi connectivity index (χ0) is 21.8. The van der Waals surface area contributed by atoms with Crippen LogP contribution in [0.25, 0.3) is 6.08 Å². The van der Waals surface area contributed by atoms with Crippen molar-refractivity contribution < 1.29 is 23.9 Å². The van der Waals surface area contributed by atoms with Crippen molar-refractivity contribution in [1.29, 1.82) is 0 Å². The minimum absolute atomic E-state index is 0.0192. The molecule has 0 spiro atoms. The van der Waals surface area contributed by atoms with Crippen molar-refractivity contribution in [3.05, 3.63) is 27.1 Å². The molecule has 30 heavy (non-hydrogen) atoms. The molecule has 7 nitrogen and oxygen atoms in total. The van der Waals surface area contributed by atoms with E-state index in [0.29, 0.717) is 34.6 Å². The molecule has 3 rings (SSSR count). The molecular weight excluding hydrogens is 472 g/mol. The van der Waals surface area contributed by atoms with Crippen molar-refractivity contribution in [3.63, 3.8) is 0 Å². The fraction of sp³-hybridized carbons (Fsp3) is 0.476. The highest BCUT2D eigenvalue weighted by Crippen LogP contribution is 2.39. The van der Waals surface area contributed by atoms with Gasteiger partial charge < -0.3 is 14.4 Å². The lowest BCUT2D eigenvalue weighted by atomic mass is 10.1. The van der Waals surface area contributed by atoms with Crippen molar-refractivity contribution in [3.8, 4) is 11.5 Å². The van der Waals surface area contributed by atoms with E-state index in [-0.39, 0.29) is 23.5 Å². The van der Waals surface area contributed by atoms with E-state index in [1.807, 2.05) is 19.9 Å². The van der Waals surface area contributed by atoms with E-state index >= 15 is 0 Å². The van der Waals surface area contributed by atoms with Crippen LogP contribution in [-0.4, -0.2) is 59.7 Å². The summed E-state index contributed by atoms with van der Waals surface area (Å²) in [6, 6.07) is 3.56. The SMILES string of the molecule is CC[C@@H](C)Oc1c(Br)cc(/C=C2/SC(=O)N(CC(=O)N3CCCC3)C2=O)cc1OC. The molecule has 162 valence electrons. The molecule has 0 saturated carbocycles. The van der Waals surface area contributed by atoms with Gasteiger partial charge in [0, 0.05) is 13.1 Å². The Morgan fingerprint density at radius 1 is 1.30 bits per heavy atom. The van der Waals surface area contributed by atoms with Crippen LogP contribution in [0.2, 0.25) is 0 Å². The molecule has 9 heteroatoms. The number of amides is 3. The van der Waals surface area contributed by atoms with Gasteiger partial charge in [-0.1, -0.05) is 6.92 Å². The zero-order valence-electron chi connectivity index (χ0n) is 17.3. The van der Waals surface area contributed by atoms with Gasteiger partial charge in [0.15, 0.2) is 11.5 Å². The van der Waals surface area contributed by atoms with Crippen LogP contribution in [0.15, 0.2) is 21.5 Å². The summed E-state index contributed by atoms with van der Waals surface area (Å²) in [7, 11) is 1.55. The Bertz CT molecular complexity index is 882. The number of thioether (sulfide) groups is 1. The fourth-order valence-corrected chi connectivity index (χ4v) is 4.60. The lowest BCUT2D eigenvalue weighted by Gasteiger charge is -2.18. The van der Waals surface area contributed by atoms with Crippen LogP contribution in [0.5, 0.6) is 11.5 Å². The lowest BCUT2D eigenvalue weighted by molar-refractivity contribution is -0.135. The third-order valence-corrected chi connectivity index (χ3v) is 6.57. The van der Waals surface area contributed by atoms with Crippen molar-refractivity contribution in [1.82, 2.24) is 9.80 Å². The second kappa shape index (κ2) is 9.87. The van der Waals surface area contributed by atoms with Crippen LogP contribution in [0.3, 0.4) is 0 Å². The van der Waals surface area contributed by atoms with Gasteiger partial charge in [-0.2, -0.15) is 0 Å². The Morgan fingerprint density at radius 2 is 2.00 bits per heavy atom. The van der Waals surface area contributed by atoms with Crippen LogP contribution < -0.4 is 9.47 Å². The molecule has 0 radical (unpaired) electrons. The maximum atomic E-state index is 12.7. The quantitative estimate of drug-likeness (QED) is 0.524. The Balaban J connectivity index is 1.79. The monoisotopic (exact) mass is 496 g/mol. The number of carbonyl (C=O) groups excluding carboxylic acids is 3. The summed E-state index contributed by atoms with van der Waals surface area (Å²) in [5.74, 6) is 0.479. The van der Waals surface area contributed by atoms with Gasteiger partial charge in [0.25, 0.3) is 11.1 Å². The predicted molar refractivity (Wildman–Crippen MR) is 120 cm³/mol. The first-order chi connectivity index (χ1) is 14.3. The van der Waals surface area contributed by atoms with Gasteiger partial charge in [0.1, 0.15) is 6.54 Å². The Hall–Kier alpha value is -2.00. The maximum Gasteiger partial charge on any atom is 0.294 e. The molecule has 2 aliphatic rings. The molecule has 0 aromatic heterocycles. The molecule has 1 aromatic rings. The van der Waals surface area contributed by atoms with Crippen LogP contribution in [-0.2, 0) is 9.59 Å². The van der Waals surface area contributed by atoms with Crippen LogP contribution >= 0.6 is 27.7 Å². The minimum atomic E-state index is -0.451. The second-order valence-corrected chi connectivity index (χ2v) is 9.07. The summed E-state index contributed by atoms with van der Waals surface area (Å²) >= 11 is 4.34. The number of ether oxygens (including phenoxy) is 2. The van der Waals surface area contributed by atoms with Crippen LogP contribution in [0.1, 0.15) is 38.7 Å². The molecule has 0 bridgehead atoms. The first kappa shape index (κ1) is 22.7. The number of likely N-dealkylation sites (tertiary alicyclic amines) is 1. The Kier molecular flexibility index (Phi) is 7.46. The number of hydrogen-bond donors (Lipinski definition) is 0. The van der Waals surface area contributed by atoms with Crippen molar-refractivity contribution in [2.75, 3.05) is 26.7 Å². The van der Waals surface area contributed by atoms with Gasteiger partial charge in [-0.3, -0.25) is 19.3 Å². The molecule has 1 aromatic carbocycles. The number of rotatable bonds is 7. The highest BCUT2D eigenvalue weighted by molar-refractivity contribution is 9.10. The lowest BCUT2D eigenvalue weighted by Crippen LogP contribution is -2.40. The molecule has 0 N–H and O–H groups in total. The average Bonchev–Trinajstić information content (AvgIpc) is 3.34. The summed E-state index contributed by atoms with van der Waals surface area (Å²) in [6.07, 6.45) is 4.42. The van der Waals surface area contributed by atoms with Crippen molar-refractivity contribution >= 4 is 50.8 Å². The van der Waals surface area contributed by atoms with Crippen LogP contribution in [0, 0.1) is 0 Å². The van der Waals surface area contributed by atoms with Gasteiger partial charge in [-0.25, -0.2) is 0 Å². The van der Waals surface area contributed by atoms with Crippen molar-refractivity contribution in [2.45, 2.75) is 39.2 Å². The standard InChI is InChI=1S/C21H25BrN2O5S/c1-4-13(2)29-19-15(22)9-14(10-16(19)28-3)11-17-20(26)24(21(27)30-17)12-18(25)23-7-5-6-8-23/h9-11,13H,4-8,12H2,1-3H3/b17-11+/t13-/m1/s1. The fourth-order valence-electron chi connectivity index (χ4n) is 3.21. The van der Waals surface area contributed by atoms with E-state index < -0.39 is 11.1 Å². The van der Waals surface area contributed by atoms with E-state index in [1.165, 1.54) is 0 Å². The average molecular weight is 497 g/mol. The predicted octanol–water partition coefficient (Wildman–Crippen LogP) is 4.29. The summed E-state index contributed by atoms with van der Waals surface area (Å²) in [6.45, 7) is 5.16. The number of hydrogen-bond acceptors (Lipinski definition) is 6. The number of imide groups is 1. The number of benzene rings is 1. The third kappa shape index (κ3) is 5.00. The van der Waals surface area contributed by atoms with E-state index in [9.17, 15) is 14.4 Å². The maximum absolute atomic E-state index is 12.7. The molecule has 2 fully saturated rings. The topological polar surface area (TPSA) is 76.2 Å². The molecule has 2 heterocycles. The van der Waals surface area contributed by atoms with Gasteiger partial charge >= 0.3 is 0 Å². The minimum Gasteiger partial charge on any atom is -0.493 e. The number of nitrogens with zero attached hydrogens (tertiary/aromatic N) is 2. The summed E-state index contributed by atoms with van der Waals surface area (Å²) in [4.78, 5) is 40.4. The first-order valence-corrected chi connectivity index (χ1v) is 11.5. The highest BCUT2D eigenvalue weighted by atomic mass is 79.9. The zero-order valence-corrected chi connectivity index (χ0v) is 19.7. The largest absolute Gasteiger partial charge is 0.493 e. The van der Waals surface area contributed by atoms with Crippen LogP contribution in [0.4, 0.5) is 4.79 Å². The summed E-state index contributed by atoms with van der Waals surface area (Å²) < 4.78 is 12.1. The van der Waals surface area contributed by atoms with E-state index in [2.05, 4.69) is 15.9 Å². The number of methoxy groups -OCH3 is 1. The molecule has 0 unspecified atom stereocenters. The molecule has 0 aliphatic carbocycles. The summed E-state index contributed by atoms with van der Waals surface area (Å²) in [5.41, 5.74) is 0.687.